The van der Waals surface area contributed by atoms with E-state index >= 15 is 0 Å². The number of hydrogen-bond donors (Lipinski definition) is 2. The lowest BCUT2D eigenvalue weighted by Crippen LogP contribution is -2.37. The number of likely N-dealkylation sites (tertiary alicyclic amines) is 1. The van der Waals surface area contributed by atoms with Gasteiger partial charge in [0.15, 0.2) is 0 Å². The number of nitrogens with zero attached hydrogens (tertiary/aromatic N) is 2. The molecule has 0 spiro atoms. The molecule has 1 amide bonds. The number of furan rings is 1. The fourth-order valence-electron chi connectivity index (χ4n) is 3.06. The molecule has 3 rings (SSSR count). The first-order chi connectivity index (χ1) is 11.3. The van der Waals surface area contributed by atoms with Crippen LogP contribution in [0.5, 0.6) is 0 Å². The van der Waals surface area contributed by atoms with Crippen molar-refractivity contribution < 1.29 is 9.21 Å². The minimum Gasteiger partial charge on any atom is -0.468 e. The van der Waals surface area contributed by atoms with Gasteiger partial charge in [0.05, 0.1) is 17.9 Å². The summed E-state index contributed by atoms with van der Waals surface area (Å²) in [7, 11) is 0. The molecule has 0 bridgehead atoms. The average molecular weight is 314 g/mol. The van der Waals surface area contributed by atoms with Gasteiger partial charge in [0.1, 0.15) is 11.6 Å². The molecule has 2 aromatic heterocycles. The van der Waals surface area contributed by atoms with Crippen molar-refractivity contribution in [1.82, 2.24) is 9.88 Å². The molecule has 3 N–H and O–H groups in total. The van der Waals surface area contributed by atoms with Crippen molar-refractivity contribution in [2.75, 3.05) is 25.0 Å². The maximum Gasteiger partial charge on any atom is 0.252 e. The summed E-state index contributed by atoms with van der Waals surface area (Å²) in [5.74, 6) is 0.970. The smallest absolute Gasteiger partial charge is 0.252 e. The molecule has 3 heterocycles. The predicted molar refractivity (Wildman–Crippen MR) is 88.1 cm³/mol. The van der Waals surface area contributed by atoms with Gasteiger partial charge in [-0.3, -0.25) is 9.69 Å². The lowest BCUT2D eigenvalue weighted by atomic mass is 10.1. The van der Waals surface area contributed by atoms with E-state index in [-0.39, 0.29) is 6.04 Å². The Balaban J connectivity index is 1.75. The van der Waals surface area contributed by atoms with E-state index in [0.29, 0.717) is 17.9 Å². The van der Waals surface area contributed by atoms with E-state index in [2.05, 4.69) is 15.2 Å². The molecule has 0 aliphatic carbocycles. The summed E-state index contributed by atoms with van der Waals surface area (Å²) in [5.41, 5.74) is 5.82. The number of piperidine rings is 1. The quantitative estimate of drug-likeness (QED) is 0.855. The van der Waals surface area contributed by atoms with Gasteiger partial charge in [0.2, 0.25) is 0 Å². The molecule has 0 radical (unpaired) electrons. The zero-order valence-electron chi connectivity index (χ0n) is 13.1. The molecule has 1 atom stereocenters. The lowest BCUT2D eigenvalue weighted by molar-refractivity contribution is 0.100. The standard InChI is InChI=1S/C17H22N4O2/c18-16(22)13-6-4-8-19-17(13)20-12-14(15-7-5-11-23-15)21-9-2-1-3-10-21/h4-8,11,14H,1-3,9-10,12H2,(H2,18,22)(H,19,20)/t14-/m0/s1. The van der Waals surface area contributed by atoms with Gasteiger partial charge in [-0.05, 0) is 50.2 Å². The second-order valence-corrected chi connectivity index (χ2v) is 5.77. The molecule has 0 saturated carbocycles. The van der Waals surface area contributed by atoms with Crippen LogP contribution in [-0.4, -0.2) is 35.4 Å². The maximum absolute atomic E-state index is 11.5. The number of carbonyl (C=O) groups excluding carboxylic acids is 1. The molecular weight excluding hydrogens is 292 g/mol. The summed E-state index contributed by atoms with van der Waals surface area (Å²) in [4.78, 5) is 18.2. The summed E-state index contributed by atoms with van der Waals surface area (Å²) < 4.78 is 5.62. The summed E-state index contributed by atoms with van der Waals surface area (Å²) in [6.07, 6.45) is 7.03. The molecule has 2 aromatic rings. The number of aromatic nitrogens is 1. The first-order valence-electron chi connectivity index (χ1n) is 8.02. The van der Waals surface area contributed by atoms with Gasteiger partial charge >= 0.3 is 0 Å². The lowest BCUT2D eigenvalue weighted by Gasteiger charge is -2.33. The van der Waals surface area contributed by atoms with Crippen LogP contribution in [0.4, 0.5) is 5.82 Å². The number of amides is 1. The minimum absolute atomic E-state index is 0.119. The number of hydrogen-bond acceptors (Lipinski definition) is 5. The van der Waals surface area contributed by atoms with Gasteiger partial charge < -0.3 is 15.5 Å². The summed E-state index contributed by atoms with van der Waals surface area (Å²) >= 11 is 0. The molecule has 122 valence electrons. The Morgan fingerprint density at radius 2 is 2.13 bits per heavy atom. The molecule has 6 nitrogen and oxygen atoms in total. The van der Waals surface area contributed by atoms with Crippen LogP contribution in [0.2, 0.25) is 0 Å². The summed E-state index contributed by atoms with van der Waals surface area (Å²) in [6, 6.07) is 7.41. The molecule has 0 unspecified atom stereocenters. The molecule has 1 aliphatic rings. The third kappa shape index (κ3) is 3.71. The van der Waals surface area contributed by atoms with Crippen LogP contribution in [-0.2, 0) is 0 Å². The highest BCUT2D eigenvalue weighted by Crippen LogP contribution is 2.25. The van der Waals surface area contributed by atoms with Crippen molar-refractivity contribution >= 4 is 11.7 Å². The Labute approximate surface area is 135 Å². The van der Waals surface area contributed by atoms with Crippen LogP contribution in [0.15, 0.2) is 41.1 Å². The van der Waals surface area contributed by atoms with Gasteiger partial charge in [0.25, 0.3) is 5.91 Å². The van der Waals surface area contributed by atoms with Crippen molar-refractivity contribution in [3.05, 3.63) is 48.0 Å². The highest BCUT2D eigenvalue weighted by molar-refractivity contribution is 5.97. The van der Waals surface area contributed by atoms with E-state index in [1.807, 2.05) is 12.1 Å². The second kappa shape index (κ2) is 7.28. The Morgan fingerprint density at radius 1 is 1.30 bits per heavy atom. The van der Waals surface area contributed by atoms with Crippen LogP contribution < -0.4 is 11.1 Å². The Hall–Kier alpha value is -2.34. The zero-order chi connectivity index (χ0) is 16.1. The molecule has 1 aliphatic heterocycles. The van der Waals surface area contributed by atoms with Crippen LogP contribution in [0.3, 0.4) is 0 Å². The Kier molecular flexibility index (Phi) is 4.92. The van der Waals surface area contributed by atoms with Crippen molar-refractivity contribution in [1.29, 1.82) is 0 Å². The number of pyridine rings is 1. The average Bonchev–Trinajstić information content (AvgIpc) is 3.10. The Bertz CT molecular complexity index is 636. The first-order valence-corrected chi connectivity index (χ1v) is 8.02. The third-order valence-electron chi connectivity index (χ3n) is 4.24. The van der Waals surface area contributed by atoms with Gasteiger partial charge in [-0.15, -0.1) is 0 Å². The number of nitrogens with two attached hydrogens (primary N) is 1. The molecule has 0 aromatic carbocycles. The van der Waals surface area contributed by atoms with E-state index in [1.54, 1.807) is 24.6 Å². The van der Waals surface area contributed by atoms with Crippen LogP contribution in [0.25, 0.3) is 0 Å². The van der Waals surface area contributed by atoms with E-state index in [4.69, 9.17) is 10.2 Å². The number of primary amides is 1. The summed E-state index contributed by atoms with van der Waals surface area (Å²) in [6.45, 7) is 2.72. The monoisotopic (exact) mass is 314 g/mol. The number of anilines is 1. The Morgan fingerprint density at radius 3 is 2.83 bits per heavy atom. The van der Waals surface area contributed by atoms with E-state index < -0.39 is 5.91 Å². The number of nitrogens with one attached hydrogen (secondary N) is 1. The van der Waals surface area contributed by atoms with Crippen molar-refractivity contribution in [2.24, 2.45) is 5.73 Å². The van der Waals surface area contributed by atoms with Crippen LogP contribution in [0.1, 0.15) is 41.4 Å². The topological polar surface area (TPSA) is 84.4 Å². The molecule has 1 saturated heterocycles. The molecule has 1 fully saturated rings. The van der Waals surface area contributed by atoms with E-state index in [0.717, 1.165) is 18.8 Å². The molecule has 6 heteroatoms. The molecule has 23 heavy (non-hydrogen) atoms. The normalized spacial score (nSPS) is 16.9. The van der Waals surface area contributed by atoms with Gasteiger partial charge in [-0.1, -0.05) is 6.42 Å². The van der Waals surface area contributed by atoms with Crippen molar-refractivity contribution in [2.45, 2.75) is 25.3 Å². The largest absolute Gasteiger partial charge is 0.468 e. The SMILES string of the molecule is NC(=O)c1cccnc1NC[C@@H](c1ccco1)N1CCCCC1. The van der Waals surface area contributed by atoms with Gasteiger partial charge in [0, 0.05) is 12.7 Å². The maximum atomic E-state index is 11.5. The van der Waals surface area contributed by atoms with Crippen molar-refractivity contribution in [3.63, 3.8) is 0 Å². The van der Waals surface area contributed by atoms with Crippen LogP contribution in [0, 0.1) is 0 Å². The van der Waals surface area contributed by atoms with E-state index in [9.17, 15) is 4.79 Å². The predicted octanol–water partition coefficient (Wildman–Crippen LogP) is 2.41. The third-order valence-corrected chi connectivity index (χ3v) is 4.24. The minimum atomic E-state index is -0.479. The van der Waals surface area contributed by atoms with Crippen LogP contribution >= 0.6 is 0 Å². The number of carbonyl (C=O) groups is 1. The first kappa shape index (κ1) is 15.6. The highest BCUT2D eigenvalue weighted by atomic mass is 16.3. The highest BCUT2D eigenvalue weighted by Gasteiger charge is 2.24. The second-order valence-electron chi connectivity index (χ2n) is 5.77. The fourth-order valence-corrected chi connectivity index (χ4v) is 3.06. The van der Waals surface area contributed by atoms with Crippen molar-refractivity contribution in [3.8, 4) is 0 Å². The zero-order valence-corrected chi connectivity index (χ0v) is 13.1. The van der Waals surface area contributed by atoms with E-state index in [1.165, 1.54) is 19.3 Å². The fraction of sp³-hybridized carbons (Fsp3) is 0.412. The molecular formula is C17H22N4O2. The van der Waals surface area contributed by atoms with Gasteiger partial charge in [-0.2, -0.15) is 0 Å². The summed E-state index contributed by atoms with van der Waals surface area (Å²) in [5, 5.41) is 3.27. The van der Waals surface area contributed by atoms with Gasteiger partial charge in [-0.25, -0.2) is 4.98 Å². The number of rotatable bonds is 6.